The van der Waals surface area contributed by atoms with Gasteiger partial charge in [-0.2, -0.15) is 0 Å². The topological polar surface area (TPSA) is 67.8 Å². The van der Waals surface area contributed by atoms with Crippen molar-refractivity contribution in [2.24, 2.45) is 0 Å². The number of carbonyl (C=O) groups is 1. The van der Waals surface area contributed by atoms with Crippen molar-refractivity contribution in [2.45, 2.75) is 32.2 Å². The standard InChI is InChI=1S/C9H21NO4Si/c1-3-13-9(14-4-2)15-7-5-6-10-8(11)12/h9-10H,3-7,15H2,1-2H3,(H,11,12). The lowest BCUT2D eigenvalue weighted by Crippen LogP contribution is -2.26. The zero-order valence-electron chi connectivity index (χ0n) is 9.49. The third-order valence-electron chi connectivity index (χ3n) is 1.85. The van der Waals surface area contributed by atoms with Gasteiger partial charge in [0.05, 0.1) is 9.52 Å². The van der Waals surface area contributed by atoms with Crippen LogP contribution in [0.4, 0.5) is 4.79 Å². The number of hydrogen-bond acceptors (Lipinski definition) is 3. The highest BCUT2D eigenvalue weighted by Crippen LogP contribution is 1.98. The highest BCUT2D eigenvalue weighted by molar-refractivity contribution is 6.36. The molecule has 6 heteroatoms. The van der Waals surface area contributed by atoms with Crippen LogP contribution in [0.25, 0.3) is 0 Å². The van der Waals surface area contributed by atoms with Gasteiger partial charge in [0.15, 0.2) is 0 Å². The van der Waals surface area contributed by atoms with Crippen LogP contribution in [0.3, 0.4) is 0 Å². The second kappa shape index (κ2) is 9.94. The molecule has 0 saturated heterocycles. The summed E-state index contributed by atoms with van der Waals surface area (Å²) in [5, 5.41) is 10.7. The molecule has 0 saturated carbocycles. The average molecular weight is 235 g/mol. The molecule has 0 heterocycles. The molecule has 0 fully saturated rings. The van der Waals surface area contributed by atoms with Gasteiger partial charge in [0.25, 0.3) is 0 Å². The second-order valence-corrected chi connectivity index (χ2v) is 5.02. The molecule has 15 heavy (non-hydrogen) atoms. The van der Waals surface area contributed by atoms with Crippen LogP contribution in [0.1, 0.15) is 20.3 Å². The predicted molar refractivity (Wildman–Crippen MR) is 61.0 cm³/mol. The van der Waals surface area contributed by atoms with Gasteiger partial charge in [0, 0.05) is 19.8 Å². The molecule has 0 atom stereocenters. The fraction of sp³-hybridized carbons (Fsp3) is 0.889. The van der Waals surface area contributed by atoms with Gasteiger partial charge in [-0.3, -0.25) is 0 Å². The molecule has 0 aromatic heterocycles. The molecule has 2 N–H and O–H groups in total. The Hall–Kier alpha value is -0.593. The van der Waals surface area contributed by atoms with E-state index < -0.39 is 15.6 Å². The molecule has 0 spiro atoms. The lowest BCUT2D eigenvalue weighted by Gasteiger charge is -2.16. The predicted octanol–water partition coefficient (Wildman–Crippen LogP) is 0.588. The van der Waals surface area contributed by atoms with E-state index in [1.807, 2.05) is 13.8 Å². The van der Waals surface area contributed by atoms with Crippen LogP contribution in [-0.4, -0.2) is 46.4 Å². The zero-order valence-corrected chi connectivity index (χ0v) is 10.9. The summed E-state index contributed by atoms with van der Waals surface area (Å²) in [7, 11) is -0.419. The number of carboxylic acid groups (broad SMARTS) is 1. The molecule has 5 nitrogen and oxygen atoms in total. The van der Waals surface area contributed by atoms with E-state index in [-0.39, 0.29) is 5.91 Å². The molecule has 0 aromatic carbocycles. The van der Waals surface area contributed by atoms with Crippen molar-refractivity contribution in [3.8, 4) is 0 Å². The molecular formula is C9H21NO4Si. The van der Waals surface area contributed by atoms with Crippen LogP contribution in [-0.2, 0) is 9.47 Å². The van der Waals surface area contributed by atoms with Crippen molar-refractivity contribution < 1.29 is 19.4 Å². The first kappa shape index (κ1) is 14.4. The van der Waals surface area contributed by atoms with Crippen molar-refractivity contribution >= 4 is 15.6 Å². The fourth-order valence-corrected chi connectivity index (χ4v) is 2.89. The fourth-order valence-electron chi connectivity index (χ4n) is 1.22. The van der Waals surface area contributed by atoms with Gasteiger partial charge in [-0.25, -0.2) is 4.79 Å². The van der Waals surface area contributed by atoms with Crippen LogP contribution in [0.2, 0.25) is 6.04 Å². The van der Waals surface area contributed by atoms with Crippen molar-refractivity contribution in [1.29, 1.82) is 0 Å². The lowest BCUT2D eigenvalue weighted by atomic mass is 10.5. The summed E-state index contributed by atoms with van der Waals surface area (Å²) in [6.07, 6.45) is -0.0855. The number of hydrogen-bond donors (Lipinski definition) is 2. The van der Waals surface area contributed by atoms with Gasteiger partial charge < -0.3 is 19.9 Å². The number of amides is 1. The van der Waals surface area contributed by atoms with Crippen molar-refractivity contribution in [1.82, 2.24) is 5.32 Å². The van der Waals surface area contributed by atoms with E-state index in [0.717, 1.165) is 12.5 Å². The van der Waals surface area contributed by atoms with E-state index in [2.05, 4.69) is 5.32 Å². The maximum absolute atomic E-state index is 10.2. The number of ether oxygens (including phenoxy) is 2. The summed E-state index contributed by atoms with van der Waals surface area (Å²) in [6.45, 7) is 5.77. The Morgan fingerprint density at radius 2 is 2.00 bits per heavy atom. The van der Waals surface area contributed by atoms with E-state index in [9.17, 15) is 4.79 Å². The molecule has 1 amide bonds. The van der Waals surface area contributed by atoms with Crippen LogP contribution >= 0.6 is 0 Å². The molecule has 0 aromatic rings. The van der Waals surface area contributed by atoms with Gasteiger partial charge in [0.1, 0.15) is 5.91 Å². The van der Waals surface area contributed by atoms with Crippen molar-refractivity contribution in [3.63, 3.8) is 0 Å². The molecule has 0 aliphatic heterocycles. The van der Waals surface area contributed by atoms with Crippen LogP contribution < -0.4 is 5.32 Å². The Morgan fingerprint density at radius 1 is 1.40 bits per heavy atom. The Bertz CT molecular complexity index is 162. The summed E-state index contributed by atoms with van der Waals surface area (Å²) in [5.74, 6) is -0.00942. The van der Waals surface area contributed by atoms with Crippen LogP contribution in [0, 0.1) is 0 Å². The highest BCUT2D eigenvalue weighted by atomic mass is 28.2. The Morgan fingerprint density at radius 3 is 2.47 bits per heavy atom. The molecule has 0 rings (SSSR count). The molecule has 90 valence electrons. The van der Waals surface area contributed by atoms with E-state index in [1.54, 1.807) is 0 Å². The Kier molecular flexibility index (Phi) is 9.55. The van der Waals surface area contributed by atoms with Crippen LogP contribution in [0.15, 0.2) is 0 Å². The van der Waals surface area contributed by atoms with Crippen molar-refractivity contribution in [3.05, 3.63) is 0 Å². The zero-order chi connectivity index (χ0) is 11.5. The number of nitrogens with one attached hydrogen (secondary N) is 1. The second-order valence-electron chi connectivity index (χ2n) is 3.07. The smallest absolute Gasteiger partial charge is 0.404 e. The first-order valence-corrected chi connectivity index (χ1v) is 7.22. The van der Waals surface area contributed by atoms with E-state index in [0.29, 0.717) is 19.8 Å². The Balaban J connectivity index is 3.39. The van der Waals surface area contributed by atoms with E-state index >= 15 is 0 Å². The minimum atomic E-state index is -0.956. The van der Waals surface area contributed by atoms with Crippen molar-refractivity contribution in [2.75, 3.05) is 19.8 Å². The largest absolute Gasteiger partial charge is 0.465 e. The first-order valence-electron chi connectivity index (χ1n) is 5.40. The number of rotatable bonds is 9. The highest BCUT2D eigenvalue weighted by Gasteiger charge is 2.07. The molecule has 0 aliphatic rings. The minimum Gasteiger partial charge on any atom is -0.465 e. The van der Waals surface area contributed by atoms with Gasteiger partial charge in [-0.15, -0.1) is 0 Å². The maximum Gasteiger partial charge on any atom is 0.404 e. The maximum atomic E-state index is 10.2. The monoisotopic (exact) mass is 235 g/mol. The molecule has 0 aliphatic carbocycles. The molecular weight excluding hydrogens is 214 g/mol. The van der Waals surface area contributed by atoms with Gasteiger partial charge in [-0.1, -0.05) is 6.04 Å². The van der Waals surface area contributed by atoms with Gasteiger partial charge >= 0.3 is 6.09 Å². The Labute approximate surface area is 93.0 Å². The van der Waals surface area contributed by atoms with Gasteiger partial charge in [0.2, 0.25) is 0 Å². The minimum absolute atomic E-state index is 0.00942. The molecule has 0 bridgehead atoms. The summed E-state index contributed by atoms with van der Waals surface area (Å²) in [4.78, 5) is 10.2. The molecule has 0 radical (unpaired) electrons. The van der Waals surface area contributed by atoms with Gasteiger partial charge in [-0.05, 0) is 20.3 Å². The molecule has 0 unspecified atom stereocenters. The third-order valence-corrected chi connectivity index (χ3v) is 3.70. The summed E-state index contributed by atoms with van der Waals surface area (Å²) in [6, 6.07) is 1.03. The summed E-state index contributed by atoms with van der Waals surface area (Å²) in [5.41, 5.74) is 0. The van der Waals surface area contributed by atoms with E-state index in [4.69, 9.17) is 14.6 Å². The summed E-state index contributed by atoms with van der Waals surface area (Å²) < 4.78 is 10.8. The normalized spacial score (nSPS) is 11.4. The SMILES string of the molecule is CCOC(OCC)[SiH2]CCCNC(=O)O. The lowest BCUT2D eigenvalue weighted by molar-refractivity contribution is -0.0827. The van der Waals surface area contributed by atoms with E-state index in [1.165, 1.54) is 0 Å². The third kappa shape index (κ3) is 9.71. The first-order chi connectivity index (χ1) is 7.20. The quantitative estimate of drug-likeness (QED) is 0.349. The van der Waals surface area contributed by atoms with Crippen LogP contribution in [0.5, 0.6) is 0 Å². The summed E-state index contributed by atoms with van der Waals surface area (Å²) >= 11 is 0. The average Bonchev–Trinajstić information content (AvgIpc) is 2.17.